The van der Waals surface area contributed by atoms with E-state index in [4.69, 9.17) is 41.9 Å². The average molecular weight is 804 g/mol. The van der Waals surface area contributed by atoms with Crippen LogP contribution < -0.4 is 5.32 Å². The van der Waals surface area contributed by atoms with Gasteiger partial charge in [0.2, 0.25) is 5.82 Å². The Hall–Kier alpha value is -4.90. The molecule has 0 saturated carbocycles. The van der Waals surface area contributed by atoms with Crippen LogP contribution in [0.4, 0.5) is 0 Å². The first-order chi connectivity index (χ1) is 27.1. The minimum atomic E-state index is -1.28. The maximum atomic E-state index is 14.0. The van der Waals surface area contributed by atoms with Gasteiger partial charge >= 0.3 is 11.9 Å². The van der Waals surface area contributed by atoms with Crippen molar-refractivity contribution in [1.82, 2.24) is 46.3 Å². The number of ether oxygens (including phenoxy) is 2. The van der Waals surface area contributed by atoms with Crippen LogP contribution >= 0.6 is 11.6 Å². The molecule has 20 nitrogen and oxygen atoms in total. The zero-order valence-corrected chi connectivity index (χ0v) is 31.5. The van der Waals surface area contributed by atoms with E-state index >= 15 is 0 Å². The lowest BCUT2D eigenvalue weighted by molar-refractivity contribution is -0.492. The van der Waals surface area contributed by atoms with Gasteiger partial charge in [-0.1, -0.05) is 73.5 Å². The van der Waals surface area contributed by atoms with Crippen molar-refractivity contribution in [2.45, 2.75) is 77.3 Å². The van der Waals surface area contributed by atoms with E-state index in [0.29, 0.717) is 43.8 Å². The van der Waals surface area contributed by atoms with Crippen LogP contribution in [0.15, 0.2) is 48.5 Å². The molecule has 0 aliphatic carbocycles. The number of nitrogens with one attached hydrogen (secondary N) is 2. The van der Waals surface area contributed by atoms with Crippen molar-refractivity contribution in [3.05, 3.63) is 70.8 Å². The van der Waals surface area contributed by atoms with Crippen molar-refractivity contribution >= 4 is 29.4 Å². The van der Waals surface area contributed by atoms with Crippen LogP contribution in [0.2, 0.25) is 5.15 Å². The number of imidazole rings is 1. The Morgan fingerprint density at radius 1 is 0.875 bits per heavy atom. The number of H-pyrrole nitrogens is 1. The fraction of sp³-hybridized carbons (Fsp3) is 0.457. The second-order valence-corrected chi connectivity index (χ2v) is 12.7. The first-order valence-corrected chi connectivity index (χ1v) is 18.4. The van der Waals surface area contributed by atoms with Crippen molar-refractivity contribution in [2.24, 2.45) is 0 Å². The zero-order valence-electron chi connectivity index (χ0n) is 30.8. The SMILES string of the molecule is CCCCc1nc(Cl)c(C(=O)N[C@@H](CCC(=O)OCCCCON(O)O)C(=O)OCCCCON(O)O)n1Cc1ccc(-c2ccccc2-c2nn[nH]n2)cc1. The first-order valence-electron chi connectivity index (χ1n) is 18.0. The molecule has 0 aliphatic heterocycles. The topological polar surface area (TPSA) is 260 Å². The van der Waals surface area contributed by atoms with E-state index in [-0.39, 0.29) is 56.7 Å². The van der Waals surface area contributed by atoms with Gasteiger partial charge in [0, 0.05) is 24.9 Å². The van der Waals surface area contributed by atoms with E-state index in [0.717, 1.165) is 35.1 Å². The number of amides is 1. The molecule has 0 bridgehead atoms. The molecule has 4 rings (SSSR count). The van der Waals surface area contributed by atoms with Crippen LogP contribution in [0.25, 0.3) is 22.5 Å². The van der Waals surface area contributed by atoms with Gasteiger partial charge in [0.1, 0.15) is 17.6 Å². The van der Waals surface area contributed by atoms with E-state index < -0.39 is 34.7 Å². The molecule has 2 heterocycles. The molecule has 0 spiro atoms. The molecule has 0 saturated heterocycles. The zero-order chi connectivity index (χ0) is 40.3. The highest BCUT2D eigenvalue weighted by atomic mass is 35.5. The van der Waals surface area contributed by atoms with Crippen LogP contribution in [-0.2, 0) is 41.7 Å². The van der Waals surface area contributed by atoms with Crippen molar-refractivity contribution in [1.29, 1.82) is 0 Å². The monoisotopic (exact) mass is 803 g/mol. The maximum absolute atomic E-state index is 14.0. The molecule has 0 aliphatic rings. The van der Waals surface area contributed by atoms with Gasteiger partial charge in [0.25, 0.3) is 5.91 Å². The number of hydrogen-bond acceptors (Lipinski definition) is 17. The van der Waals surface area contributed by atoms with Crippen LogP contribution in [-0.4, -0.2) is 112 Å². The van der Waals surface area contributed by atoms with Gasteiger partial charge in [-0.15, -0.1) is 10.2 Å². The summed E-state index contributed by atoms with van der Waals surface area (Å²) in [6.07, 6.45) is 3.13. The highest BCUT2D eigenvalue weighted by molar-refractivity contribution is 6.32. The third-order valence-electron chi connectivity index (χ3n) is 8.32. The van der Waals surface area contributed by atoms with Crippen LogP contribution in [0.1, 0.15) is 80.2 Å². The number of rotatable bonds is 25. The quantitative estimate of drug-likeness (QED) is 0.0310. The lowest BCUT2D eigenvalue weighted by Crippen LogP contribution is -2.43. The first kappa shape index (κ1) is 43.8. The highest BCUT2D eigenvalue weighted by Crippen LogP contribution is 2.30. The Bertz CT molecular complexity index is 1810. The summed E-state index contributed by atoms with van der Waals surface area (Å²) in [5.41, 5.74) is 3.49. The Balaban J connectivity index is 1.49. The summed E-state index contributed by atoms with van der Waals surface area (Å²) in [5, 5.41) is 50.7. The van der Waals surface area contributed by atoms with Gasteiger partial charge in [0.15, 0.2) is 5.15 Å². The Kier molecular flexibility index (Phi) is 18.2. The molecule has 0 unspecified atom stereocenters. The molecule has 1 atom stereocenters. The minimum absolute atomic E-state index is 0.0172. The second-order valence-electron chi connectivity index (χ2n) is 12.4. The smallest absolute Gasteiger partial charge is 0.328 e. The van der Waals surface area contributed by atoms with Gasteiger partial charge in [-0.05, 0) is 60.4 Å². The van der Waals surface area contributed by atoms with Gasteiger partial charge in [-0.3, -0.25) is 40.1 Å². The van der Waals surface area contributed by atoms with E-state index in [1.165, 1.54) is 0 Å². The number of aromatic nitrogens is 6. The molecule has 0 fully saturated rings. The molecule has 304 valence electrons. The van der Waals surface area contributed by atoms with Crippen LogP contribution in [0.5, 0.6) is 0 Å². The Morgan fingerprint density at radius 3 is 2.14 bits per heavy atom. The summed E-state index contributed by atoms with van der Waals surface area (Å²) in [7, 11) is 0. The van der Waals surface area contributed by atoms with Gasteiger partial charge in [-0.25, -0.2) is 9.78 Å². The third-order valence-corrected chi connectivity index (χ3v) is 8.58. The number of unbranched alkanes of at least 4 members (excludes halogenated alkanes) is 3. The standard InChI is InChI=1S/C35H46ClN9O11/c1-2-3-12-29-38-32(36)31(43(29)23-24-13-15-25(16-14-24)26-10-4-5-11-27(26)33-39-41-42-40-33)34(47)37-28(35(48)54-20-7-9-22-56-45(51)52)17-18-30(46)53-19-6-8-21-55-44(49)50/h4-5,10-11,13-16,28,49-52H,2-3,6-9,12,17-23H2,1H3,(H,37,47)(H,39,40,41,42)/t28-/m0/s1. The second kappa shape index (κ2) is 23.2. The molecule has 0 radical (unpaired) electrons. The summed E-state index contributed by atoms with van der Waals surface area (Å²) in [5.74, 6) is -1.10. The van der Waals surface area contributed by atoms with Crippen LogP contribution in [0.3, 0.4) is 0 Å². The fourth-order valence-electron chi connectivity index (χ4n) is 5.53. The Labute approximate surface area is 326 Å². The summed E-state index contributed by atoms with van der Waals surface area (Å²) in [6.45, 7) is 2.13. The molecule has 2 aromatic carbocycles. The predicted octanol–water partition coefficient (Wildman–Crippen LogP) is 4.32. The van der Waals surface area contributed by atoms with Crippen LogP contribution in [0, 0.1) is 0 Å². The number of hydrogen-bond donors (Lipinski definition) is 6. The number of nitrogens with zero attached hydrogens (tertiary/aromatic N) is 7. The predicted molar refractivity (Wildman–Crippen MR) is 194 cm³/mol. The maximum Gasteiger partial charge on any atom is 0.328 e. The fourth-order valence-corrected chi connectivity index (χ4v) is 5.81. The average Bonchev–Trinajstić information content (AvgIpc) is 3.83. The largest absolute Gasteiger partial charge is 0.466 e. The molecule has 4 aromatic rings. The minimum Gasteiger partial charge on any atom is -0.466 e. The number of aromatic amines is 1. The van der Waals surface area contributed by atoms with Crippen molar-refractivity contribution < 1.29 is 54.4 Å². The molecular weight excluding hydrogens is 758 g/mol. The summed E-state index contributed by atoms with van der Waals surface area (Å²) < 4.78 is 12.3. The van der Waals surface area contributed by atoms with Gasteiger partial charge < -0.3 is 19.4 Å². The number of carbonyl (C=O) groups excluding carboxylic acids is 3. The lowest BCUT2D eigenvalue weighted by atomic mass is 9.98. The molecule has 21 heteroatoms. The number of halogens is 1. The van der Waals surface area contributed by atoms with E-state index in [2.05, 4.69) is 40.6 Å². The molecule has 2 aromatic heterocycles. The number of tetrazole rings is 1. The third kappa shape index (κ3) is 14.0. The number of aryl methyl sites for hydroxylation is 1. The number of benzene rings is 2. The molecule has 6 N–H and O–H groups in total. The van der Waals surface area contributed by atoms with Crippen molar-refractivity contribution in [2.75, 3.05) is 26.4 Å². The normalized spacial score (nSPS) is 11.9. The summed E-state index contributed by atoms with van der Waals surface area (Å²) in [4.78, 5) is 53.3. The Morgan fingerprint density at radius 2 is 1.52 bits per heavy atom. The molecular formula is C35H46ClN9O11. The number of esters is 2. The van der Waals surface area contributed by atoms with E-state index in [1.807, 2.05) is 55.5 Å². The number of carbonyl (C=O) groups is 3. The van der Waals surface area contributed by atoms with Gasteiger partial charge in [0.05, 0.1) is 37.2 Å². The lowest BCUT2D eigenvalue weighted by Gasteiger charge is -2.19. The molecule has 1 amide bonds. The van der Waals surface area contributed by atoms with Crippen molar-refractivity contribution in [3.63, 3.8) is 0 Å². The van der Waals surface area contributed by atoms with Crippen molar-refractivity contribution in [3.8, 4) is 22.5 Å². The van der Waals surface area contributed by atoms with Gasteiger partial charge in [-0.2, -0.15) is 5.21 Å². The molecule has 56 heavy (non-hydrogen) atoms. The van der Waals surface area contributed by atoms with E-state index in [1.54, 1.807) is 4.57 Å². The highest BCUT2D eigenvalue weighted by Gasteiger charge is 2.29. The summed E-state index contributed by atoms with van der Waals surface area (Å²) in [6, 6.07) is 14.1. The summed E-state index contributed by atoms with van der Waals surface area (Å²) >= 11 is 6.62. The van der Waals surface area contributed by atoms with E-state index in [9.17, 15) is 14.4 Å².